The second kappa shape index (κ2) is 5.71. The molecule has 0 unspecified atom stereocenters. The number of nitrogens with one attached hydrogen (secondary N) is 1. The molecule has 0 atom stereocenters. The molecule has 1 aliphatic heterocycles. The molecule has 2 rings (SSSR count). The van der Waals surface area contributed by atoms with E-state index in [1.807, 2.05) is 7.05 Å². The summed E-state index contributed by atoms with van der Waals surface area (Å²) >= 11 is 0. The van der Waals surface area contributed by atoms with Crippen LogP contribution in [0.2, 0.25) is 0 Å². The lowest BCUT2D eigenvalue weighted by Crippen LogP contribution is -2.36. The Morgan fingerprint density at radius 3 is 2.50 bits per heavy atom. The fourth-order valence-electron chi connectivity index (χ4n) is 2.35. The fraction of sp³-hybridized carbons (Fsp3) is 0.500. The van der Waals surface area contributed by atoms with Gasteiger partial charge in [0.1, 0.15) is 0 Å². The summed E-state index contributed by atoms with van der Waals surface area (Å²) in [5.41, 5.74) is -0.796. The fourth-order valence-corrected chi connectivity index (χ4v) is 2.35. The van der Waals surface area contributed by atoms with Crippen molar-refractivity contribution in [2.24, 2.45) is 0 Å². The van der Waals surface area contributed by atoms with E-state index in [2.05, 4.69) is 10.2 Å². The molecule has 6 heteroatoms. The molecule has 1 N–H and O–H groups in total. The number of rotatable bonds is 2. The summed E-state index contributed by atoms with van der Waals surface area (Å²) in [6.07, 6.45) is -2.70. The Balaban J connectivity index is 2.15. The maximum atomic E-state index is 12.9. The zero-order chi connectivity index (χ0) is 14.8. The predicted molar refractivity (Wildman–Crippen MR) is 70.3 cm³/mol. The molecule has 1 aromatic carbocycles. The van der Waals surface area contributed by atoms with Crippen LogP contribution in [0.4, 0.5) is 18.9 Å². The number of likely N-dealkylation sites (tertiary alicyclic amines) is 1. The first kappa shape index (κ1) is 14.7. The van der Waals surface area contributed by atoms with E-state index in [1.165, 1.54) is 12.1 Å². The molecule has 1 heterocycles. The molecule has 0 amide bonds. The Bertz CT molecular complexity index is 511. The van der Waals surface area contributed by atoms with Gasteiger partial charge < -0.3 is 10.2 Å². The zero-order valence-electron chi connectivity index (χ0n) is 11.2. The topological polar surface area (TPSA) is 39.1 Å². The van der Waals surface area contributed by atoms with Crippen molar-refractivity contribution in [1.29, 1.82) is 5.26 Å². The average molecular weight is 283 g/mol. The minimum Gasteiger partial charge on any atom is -0.382 e. The SMILES string of the molecule is CN1CCC(Nc2ccc(C#N)c(C(F)(F)F)c2)CC1. The quantitative estimate of drug-likeness (QED) is 0.906. The normalized spacial score (nSPS) is 17.8. The van der Waals surface area contributed by atoms with Crippen molar-refractivity contribution in [1.82, 2.24) is 4.90 Å². The first-order valence-corrected chi connectivity index (χ1v) is 6.46. The summed E-state index contributed by atoms with van der Waals surface area (Å²) < 4.78 is 38.6. The monoisotopic (exact) mass is 283 g/mol. The van der Waals surface area contributed by atoms with Gasteiger partial charge in [0, 0.05) is 11.7 Å². The van der Waals surface area contributed by atoms with Crippen LogP contribution in [-0.4, -0.2) is 31.1 Å². The number of anilines is 1. The Labute approximate surface area is 116 Å². The molecule has 108 valence electrons. The van der Waals surface area contributed by atoms with Crippen molar-refractivity contribution < 1.29 is 13.2 Å². The summed E-state index contributed by atoms with van der Waals surface area (Å²) in [5, 5.41) is 11.9. The van der Waals surface area contributed by atoms with Crippen molar-refractivity contribution in [3.8, 4) is 6.07 Å². The first-order valence-electron chi connectivity index (χ1n) is 6.46. The van der Waals surface area contributed by atoms with Crippen molar-refractivity contribution in [2.75, 3.05) is 25.5 Å². The Kier molecular flexibility index (Phi) is 4.19. The lowest BCUT2D eigenvalue weighted by Gasteiger charge is -2.30. The van der Waals surface area contributed by atoms with Crippen LogP contribution in [0.1, 0.15) is 24.0 Å². The summed E-state index contributed by atoms with van der Waals surface area (Å²) in [6, 6.07) is 5.55. The number of nitrogens with zero attached hydrogens (tertiary/aromatic N) is 2. The van der Waals surface area contributed by atoms with Crippen LogP contribution in [0, 0.1) is 11.3 Å². The van der Waals surface area contributed by atoms with Crippen LogP contribution in [0.5, 0.6) is 0 Å². The van der Waals surface area contributed by atoms with Gasteiger partial charge in [0.2, 0.25) is 0 Å². The number of halogens is 3. The lowest BCUT2D eigenvalue weighted by molar-refractivity contribution is -0.137. The van der Waals surface area contributed by atoms with Crippen LogP contribution in [-0.2, 0) is 6.18 Å². The largest absolute Gasteiger partial charge is 0.417 e. The Morgan fingerprint density at radius 2 is 1.95 bits per heavy atom. The van der Waals surface area contributed by atoms with Crippen molar-refractivity contribution in [3.63, 3.8) is 0 Å². The smallest absolute Gasteiger partial charge is 0.382 e. The van der Waals surface area contributed by atoms with Gasteiger partial charge in [0.25, 0.3) is 0 Å². The minimum absolute atomic E-state index is 0.181. The van der Waals surface area contributed by atoms with Gasteiger partial charge in [-0.2, -0.15) is 18.4 Å². The van der Waals surface area contributed by atoms with Gasteiger partial charge in [0.05, 0.1) is 17.2 Å². The second-order valence-corrected chi connectivity index (χ2v) is 5.09. The molecule has 1 saturated heterocycles. The molecular weight excluding hydrogens is 267 g/mol. The van der Waals surface area contributed by atoms with Crippen molar-refractivity contribution >= 4 is 5.69 Å². The van der Waals surface area contributed by atoms with E-state index in [0.29, 0.717) is 5.69 Å². The predicted octanol–water partition coefficient (Wildman–Crippen LogP) is 3.08. The molecule has 1 fully saturated rings. The van der Waals surface area contributed by atoms with Crippen LogP contribution in [0.3, 0.4) is 0 Å². The van der Waals surface area contributed by atoms with Crippen LogP contribution in [0.15, 0.2) is 18.2 Å². The highest BCUT2D eigenvalue weighted by molar-refractivity contribution is 5.53. The number of piperidine rings is 1. The van der Waals surface area contributed by atoms with Gasteiger partial charge in [0.15, 0.2) is 0 Å². The van der Waals surface area contributed by atoms with Crippen LogP contribution >= 0.6 is 0 Å². The van der Waals surface area contributed by atoms with Crippen LogP contribution in [0.25, 0.3) is 0 Å². The maximum absolute atomic E-state index is 12.9. The number of alkyl halides is 3. The number of nitriles is 1. The first-order chi connectivity index (χ1) is 9.40. The average Bonchev–Trinajstić information content (AvgIpc) is 2.40. The van der Waals surface area contributed by atoms with E-state index in [4.69, 9.17) is 5.26 Å². The highest BCUT2D eigenvalue weighted by Crippen LogP contribution is 2.33. The standard InChI is InChI=1S/C14H16F3N3/c1-20-6-4-11(5-7-20)19-12-3-2-10(9-18)13(8-12)14(15,16)17/h2-3,8,11,19H,4-7H2,1H3. The van der Waals surface area contributed by atoms with Crippen LogP contribution < -0.4 is 5.32 Å². The molecule has 0 saturated carbocycles. The van der Waals surface area contributed by atoms with Gasteiger partial charge in [-0.25, -0.2) is 0 Å². The summed E-state index contributed by atoms with van der Waals surface area (Å²) in [6.45, 7) is 1.86. The van der Waals surface area contributed by atoms with Crippen molar-refractivity contribution in [3.05, 3.63) is 29.3 Å². The summed E-state index contributed by atoms with van der Waals surface area (Å²) in [5.74, 6) is 0. The molecule has 0 radical (unpaired) electrons. The Morgan fingerprint density at radius 1 is 1.30 bits per heavy atom. The number of hydrogen-bond acceptors (Lipinski definition) is 3. The van der Waals surface area contributed by atoms with Gasteiger partial charge >= 0.3 is 6.18 Å². The van der Waals surface area contributed by atoms with E-state index in [-0.39, 0.29) is 11.6 Å². The lowest BCUT2D eigenvalue weighted by atomic mass is 10.0. The third-order valence-electron chi connectivity index (χ3n) is 3.53. The molecule has 0 aromatic heterocycles. The van der Waals surface area contributed by atoms with E-state index in [0.717, 1.165) is 32.0 Å². The molecule has 20 heavy (non-hydrogen) atoms. The molecular formula is C14H16F3N3. The molecule has 1 aromatic rings. The van der Waals surface area contributed by atoms with Crippen molar-refractivity contribution in [2.45, 2.75) is 25.1 Å². The molecule has 0 aliphatic carbocycles. The highest BCUT2D eigenvalue weighted by atomic mass is 19.4. The van der Waals surface area contributed by atoms with E-state index in [1.54, 1.807) is 6.07 Å². The molecule has 0 bridgehead atoms. The van der Waals surface area contributed by atoms with E-state index < -0.39 is 11.7 Å². The number of hydrogen-bond donors (Lipinski definition) is 1. The number of benzene rings is 1. The molecule has 0 spiro atoms. The van der Waals surface area contributed by atoms with E-state index in [9.17, 15) is 13.2 Å². The third kappa shape index (κ3) is 3.42. The van der Waals surface area contributed by atoms with Gasteiger partial charge in [-0.3, -0.25) is 0 Å². The third-order valence-corrected chi connectivity index (χ3v) is 3.53. The Hall–Kier alpha value is -1.74. The maximum Gasteiger partial charge on any atom is 0.417 e. The van der Waals surface area contributed by atoms with Gasteiger partial charge in [-0.1, -0.05) is 0 Å². The molecule has 1 aliphatic rings. The minimum atomic E-state index is -4.50. The zero-order valence-corrected chi connectivity index (χ0v) is 11.2. The van der Waals surface area contributed by atoms with E-state index >= 15 is 0 Å². The second-order valence-electron chi connectivity index (χ2n) is 5.09. The summed E-state index contributed by atoms with van der Waals surface area (Å²) in [7, 11) is 2.03. The highest BCUT2D eigenvalue weighted by Gasteiger charge is 2.34. The van der Waals surface area contributed by atoms with Gasteiger partial charge in [-0.05, 0) is 51.2 Å². The molecule has 3 nitrogen and oxygen atoms in total. The van der Waals surface area contributed by atoms with Gasteiger partial charge in [-0.15, -0.1) is 0 Å². The summed E-state index contributed by atoms with van der Waals surface area (Å²) in [4.78, 5) is 2.19.